The van der Waals surface area contributed by atoms with Crippen LogP contribution >= 0.6 is 0 Å². The summed E-state index contributed by atoms with van der Waals surface area (Å²) >= 11 is 0.132. The number of carbonyl (C=O) groups is 1. The molecule has 0 aliphatic carbocycles. The van der Waals surface area contributed by atoms with Crippen LogP contribution in [0, 0.1) is 13.8 Å². The second-order valence-electron chi connectivity index (χ2n) is 5.54. The molecule has 0 N–H and O–H groups in total. The number of carbonyl (C=O) groups excluding carboxylic acids is 1. The molecular formula is C19H19N3O2Se. The standard InChI is InChI=1S/C19H19N3O2Se/c1-4-24-19(23)18-14(3)22(21-20-18)16-7-5-6-8-17(16)25-15-11-9-13(2)10-12-15/h5-12H,4H2,1-3H3. The zero-order valence-electron chi connectivity index (χ0n) is 14.4. The van der Waals surface area contributed by atoms with Gasteiger partial charge in [0, 0.05) is 0 Å². The Labute approximate surface area is 153 Å². The Kier molecular flexibility index (Phi) is 5.31. The normalized spacial score (nSPS) is 10.7. The molecule has 3 rings (SSSR count). The van der Waals surface area contributed by atoms with Gasteiger partial charge in [0.15, 0.2) is 0 Å². The van der Waals surface area contributed by atoms with Crippen molar-refractivity contribution < 1.29 is 9.53 Å². The van der Waals surface area contributed by atoms with Crippen LogP contribution < -0.4 is 8.92 Å². The minimum atomic E-state index is -0.437. The predicted octanol–water partition coefficient (Wildman–Crippen LogP) is 1.72. The Morgan fingerprint density at radius 3 is 2.56 bits per heavy atom. The first-order chi connectivity index (χ1) is 12.1. The van der Waals surface area contributed by atoms with Gasteiger partial charge in [-0.15, -0.1) is 0 Å². The second-order valence-corrected chi connectivity index (χ2v) is 7.88. The number of hydrogen-bond donors (Lipinski definition) is 0. The summed E-state index contributed by atoms with van der Waals surface area (Å²) in [6, 6.07) is 16.7. The zero-order chi connectivity index (χ0) is 17.8. The van der Waals surface area contributed by atoms with Crippen molar-refractivity contribution in [3.63, 3.8) is 0 Å². The molecule has 128 valence electrons. The summed E-state index contributed by atoms with van der Waals surface area (Å²) in [6.07, 6.45) is 0. The maximum absolute atomic E-state index is 12.0. The number of nitrogens with zero attached hydrogens (tertiary/aromatic N) is 3. The van der Waals surface area contributed by atoms with E-state index in [1.165, 1.54) is 14.5 Å². The number of benzene rings is 2. The molecule has 0 saturated heterocycles. The van der Waals surface area contributed by atoms with Gasteiger partial charge in [-0.2, -0.15) is 0 Å². The van der Waals surface area contributed by atoms with Gasteiger partial charge in [0.05, 0.1) is 0 Å². The molecule has 0 bridgehead atoms. The topological polar surface area (TPSA) is 57.0 Å². The molecule has 25 heavy (non-hydrogen) atoms. The molecule has 0 unspecified atom stereocenters. The van der Waals surface area contributed by atoms with Gasteiger partial charge in [0.1, 0.15) is 0 Å². The van der Waals surface area contributed by atoms with Gasteiger partial charge < -0.3 is 0 Å². The van der Waals surface area contributed by atoms with Crippen molar-refractivity contribution in [3.8, 4) is 5.69 Å². The average Bonchev–Trinajstić information content (AvgIpc) is 2.99. The molecule has 0 radical (unpaired) electrons. The van der Waals surface area contributed by atoms with Crippen molar-refractivity contribution in [1.82, 2.24) is 15.0 Å². The van der Waals surface area contributed by atoms with Gasteiger partial charge in [0.25, 0.3) is 0 Å². The van der Waals surface area contributed by atoms with Gasteiger partial charge in [0.2, 0.25) is 0 Å². The van der Waals surface area contributed by atoms with Gasteiger partial charge >= 0.3 is 153 Å². The Hall–Kier alpha value is -2.43. The van der Waals surface area contributed by atoms with Crippen molar-refractivity contribution in [2.45, 2.75) is 20.8 Å². The first kappa shape index (κ1) is 17.4. The third-order valence-corrected chi connectivity index (χ3v) is 5.96. The predicted molar refractivity (Wildman–Crippen MR) is 98.3 cm³/mol. The Morgan fingerprint density at radius 1 is 1.12 bits per heavy atom. The van der Waals surface area contributed by atoms with E-state index in [0.717, 1.165) is 5.69 Å². The molecule has 0 atom stereocenters. The van der Waals surface area contributed by atoms with Crippen LogP contribution in [-0.2, 0) is 4.74 Å². The molecule has 0 spiro atoms. The maximum atomic E-state index is 12.0. The van der Waals surface area contributed by atoms with E-state index in [0.29, 0.717) is 12.3 Å². The first-order valence-corrected chi connectivity index (χ1v) is 9.74. The summed E-state index contributed by atoms with van der Waals surface area (Å²) in [4.78, 5) is 12.0. The van der Waals surface area contributed by atoms with Crippen molar-refractivity contribution >= 4 is 29.8 Å². The van der Waals surface area contributed by atoms with Crippen LogP contribution in [0.15, 0.2) is 48.5 Å². The van der Waals surface area contributed by atoms with Crippen LogP contribution in [-0.4, -0.2) is 42.5 Å². The summed E-state index contributed by atoms with van der Waals surface area (Å²) in [5.41, 5.74) is 3.15. The van der Waals surface area contributed by atoms with E-state index in [2.05, 4.69) is 47.6 Å². The molecule has 5 nitrogen and oxygen atoms in total. The number of esters is 1. The van der Waals surface area contributed by atoms with Crippen LogP contribution in [0.1, 0.15) is 28.7 Å². The fraction of sp³-hybridized carbons (Fsp3) is 0.211. The molecule has 3 aromatic rings. The van der Waals surface area contributed by atoms with E-state index in [1.807, 2.05) is 25.1 Å². The summed E-state index contributed by atoms with van der Waals surface area (Å²) in [7, 11) is 0. The summed E-state index contributed by atoms with van der Waals surface area (Å²) in [6.45, 7) is 6.01. The van der Waals surface area contributed by atoms with Crippen LogP contribution in [0.3, 0.4) is 0 Å². The number of rotatable bonds is 5. The second kappa shape index (κ2) is 7.64. The molecule has 0 aliphatic heterocycles. The van der Waals surface area contributed by atoms with E-state index in [-0.39, 0.29) is 20.7 Å². The number of hydrogen-bond acceptors (Lipinski definition) is 4. The third-order valence-electron chi connectivity index (χ3n) is 3.71. The van der Waals surface area contributed by atoms with Crippen LogP contribution in [0.25, 0.3) is 5.69 Å². The Morgan fingerprint density at radius 2 is 1.84 bits per heavy atom. The molecule has 6 heteroatoms. The van der Waals surface area contributed by atoms with Gasteiger partial charge in [-0.05, 0) is 0 Å². The zero-order valence-corrected chi connectivity index (χ0v) is 16.1. The Balaban J connectivity index is 1.96. The molecule has 0 aliphatic rings. The number of aryl methyl sites for hydroxylation is 1. The number of ether oxygens (including phenoxy) is 1. The fourth-order valence-electron chi connectivity index (χ4n) is 2.40. The third kappa shape index (κ3) is 3.81. The van der Waals surface area contributed by atoms with Crippen molar-refractivity contribution in [2.75, 3.05) is 6.61 Å². The van der Waals surface area contributed by atoms with Crippen molar-refractivity contribution in [2.24, 2.45) is 0 Å². The van der Waals surface area contributed by atoms with E-state index < -0.39 is 5.97 Å². The van der Waals surface area contributed by atoms with Gasteiger partial charge in [-0.3, -0.25) is 0 Å². The van der Waals surface area contributed by atoms with Crippen molar-refractivity contribution in [3.05, 3.63) is 65.5 Å². The summed E-state index contributed by atoms with van der Waals surface area (Å²) in [5, 5.41) is 8.20. The average molecular weight is 400 g/mol. The van der Waals surface area contributed by atoms with E-state index in [1.54, 1.807) is 11.6 Å². The van der Waals surface area contributed by atoms with Crippen molar-refractivity contribution in [1.29, 1.82) is 0 Å². The Bertz CT molecular complexity index is 888. The number of aromatic nitrogens is 3. The SMILES string of the molecule is CCOC(=O)c1nnn(-c2ccccc2[Se]c2ccc(C)cc2)c1C. The first-order valence-electron chi connectivity index (χ1n) is 8.03. The van der Waals surface area contributed by atoms with Crippen LogP contribution in [0.2, 0.25) is 0 Å². The van der Waals surface area contributed by atoms with Gasteiger partial charge in [-0.25, -0.2) is 0 Å². The molecule has 1 aromatic heterocycles. The summed E-state index contributed by atoms with van der Waals surface area (Å²) < 4.78 is 9.23. The molecule has 0 fully saturated rings. The fourth-order valence-corrected chi connectivity index (χ4v) is 4.35. The molecule has 0 amide bonds. The number of para-hydroxylation sites is 1. The van der Waals surface area contributed by atoms with E-state index in [9.17, 15) is 4.79 Å². The van der Waals surface area contributed by atoms with E-state index >= 15 is 0 Å². The molecule has 2 aromatic carbocycles. The minimum absolute atomic E-state index is 0.132. The monoisotopic (exact) mass is 401 g/mol. The molecular weight excluding hydrogens is 381 g/mol. The summed E-state index contributed by atoms with van der Waals surface area (Å²) in [5.74, 6) is -0.437. The molecule has 1 heterocycles. The quantitative estimate of drug-likeness (QED) is 0.484. The van der Waals surface area contributed by atoms with E-state index in [4.69, 9.17) is 4.74 Å². The van der Waals surface area contributed by atoms with Crippen LogP contribution in [0.4, 0.5) is 0 Å². The van der Waals surface area contributed by atoms with Crippen LogP contribution in [0.5, 0.6) is 0 Å². The van der Waals surface area contributed by atoms with Gasteiger partial charge in [-0.1, -0.05) is 0 Å². The molecule has 0 saturated carbocycles.